The van der Waals surface area contributed by atoms with Gasteiger partial charge in [-0.2, -0.15) is 0 Å². The third-order valence-corrected chi connectivity index (χ3v) is 5.60. The molecule has 2 heterocycles. The van der Waals surface area contributed by atoms with Crippen molar-refractivity contribution < 1.29 is 19.7 Å². The van der Waals surface area contributed by atoms with Crippen molar-refractivity contribution in [1.82, 2.24) is 14.8 Å². The Balaban J connectivity index is 1.64. The predicted octanol–water partition coefficient (Wildman–Crippen LogP) is 0.998. The highest BCUT2D eigenvalue weighted by atomic mass is 32.1. The summed E-state index contributed by atoms with van der Waals surface area (Å²) in [6, 6.07) is 8.36. The Hall–Kier alpha value is -1.84. The van der Waals surface area contributed by atoms with E-state index in [-0.39, 0.29) is 38.6 Å². The molecule has 0 saturated carbocycles. The van der Waals surface area contributed by atoms with Gasteiger partial charge in [0.25, 0.3) is 0 Å². The van der Waals surface area contributed by atoms with Gasteiger partial charge in [-0.25, -0.2) is 4.98 Å². The zero-order chi connectivity index (χ0) is 19.8. The summed E-state index contributed by atoms with van der Waals surface area (Å²) in [6.07, 6.45) is 0.171. The molecule has 7 nitrogen and oxygen atoms in total. The fourth-order valence-electron chi connectivity index (χ4n) is 3.21. The van der Waals surface area contributed by atoms with Gasteiger partial charge in [-0.05, 0) is 11.6 Å². The zero-order valence-corrected chi connectivity index (χ0v) is 16.7. The van der Waals surface area contributed by atoms with Crippen LogP contribution in [0.1, 0.15) is 11.3 Å². The molecule has 1 aliphatic rings. The molecular formula is C20H27N3O4S. The minimum atomic E-state index is -0.138. The summed E-state index contributed by atoms with van der Waals surface area (Å²) >= 11 is 1.52. The highest BCUT2D eigenvalue weighted by Gasteiger charge is 2.16. The summed E-state index contributed by atoms with van der Waals surface area (Å²) in [5.74, 6) is -0.138. The number of aliphatic hydroxyl groups is 2. The van der Waals surface area contributed by atoms with Crippen LogP contribution in [-0.2, 0) is 22.5 Å². The standard InChI is InChI=1S/C20H27N3O4S/c24-8-4-23(5-9-25)19(26)13-18-15-28-20(21-18)17-3-1-2-16(12-17)14-22-6-10-27-11-7-22/h1-3,12,15,24-25H,4-11,13-14H2. The quantitative estimate of drug-likeness (QED) is 0.647. The van der Waals surface area contributed by atoms with Gasteiger partial charge in [0.1, 0.15) is 5.01 Å². The molecule has 1 aliphatic heterocycles. The van der Waals surface area contributed by atoms with E-state index in [0.29, 0.717) is 5.69 Å². The molecule has 28 heavy (non-hydrogen) atoms. The molecule has 0 unspecified atom stereocenters. The minimum absolute atomic E-state index is 0.121. The summed E-state index contributed by atoms with van der Waals surface area (Å²) in [5, 5.41) is 20.9. The topological polar surface area (TPSA) is 86.1 Å². The molecule has 8 heteroatoms. The third-order valence-electron chi connectivity index (χ3n) is 4.66. The van der Waals surface area contributed by atoms with E-state index < -0.39 is 0 Å². The lowest BCUT2D eigenvalue weighted by atomic mass is 10.1. The number of nitrogens with zero attached hydrogens (tertiary/aromatic N) is 3. The van der Waals surface area contributed by atoms with Crippen molar-refractivity contribution in [2.75, 3.05) is 52.6 Å². The van der Waals surface area contributed by atoms with E-state index >= 15 is 0 Å². The van der Waals surface area contributed by atoms with Crippen molar-refractivity contribution in [3.63, 3.8) is 0 Å². The van der Waals surface area contributed by atoms with E-state index in [4.69, 9.17) is 14.9 Å². The molecule has 1 aromatic heterocycles. The van der Waals surface area contributed by atoms with E-state index in [1.807, 2.05) is 17.5 Å². The highest BCUT2D eigenvalue weighted by molar-refractivity contribution is 7.13. The maximum atomic E-state index is 12.4. The van der Waals surface area contributed by atoms with Gasteiger partial charge in [-0.3, -0.25) is 9.69 Å². The molecule has 1 fully saturated rings. The zero-order valence-electron chi connectivity index (χ0n) is 15.9. The maximum absolute atomic E-state index is 12.4. The van der Waals surface area contributed by atoms with Crippen molar-refractivity contribution >= 4 is 17.2 Å². The fraction of sp³-hybridized carbons (Fsp3) is 0.500. The minimum Gasteiger partial charge on any atom is -0.395 e. The molecule has 1 aromatic carbocycles. The first-order valence-corrected chi connectivity index (χ1v) is 10.4. The average molecular weight is 406 g/mol. The number of rotatable bonds is 9. The van der Waals surface area contributed by atoms with Crippen molar-refractivity contribution in [1.29, 1.82) is 0 Å². The Morgan fingerprint density at radius 2 is 1.96 bits per heavy atom. The van der Waals surface area contributed by atoms with Crippen LogP contribution in [0.3, 0.4) is 0 Å². The Labute approximate surface area is 169 Å². The molecule has 0 radical (unpaired) electrons. The second kappa shape index (κ2) is 10.6. The first-order chi connectivity index (χ1) is 13.7. The van der Waals surface area contributed by atoms with Crippen LogP contribution in [0.15, 0.2) is 29.6 Å². The second-order valence-electron chi connectivity index (χ2n) is 6.74. The normalized spacial score (nSPS) is 14.9. The van der Waals surface area contributed by atoms with Gasteiger partial charge in [-0.15, -0.1) is 11.3 Å². The van der Waals surface area contributed by atoms with Gasteiger partial charge in [0.05, 0.1) is 38.5 Å². The van der Waals surface area contributed by atoms with Gasteiger partial charge in [0.2, 0.25) is 5.91 Å². The first kappa shape index (κ1) is 20.9. The summed E-state index contributed by atoms with van der Waals surface area (Å²) in [6.45, 7) is 4.57. The summed E-state index contributed by atoms with van der Waals surface area (Å²) in [5.41, 5.74) is 3.01. The maximum Gasteiger partial charge on any atom is 0.228 e. The second-order valence-corrected chi connectivity index (χ2v) is 7.60. The lowest BCUT2D eigenvalue weighted by Gasteiger charge is -2.26. The predicted molar refractivity (Wildman–Crippen MR) is 108 cm³/mol. The van der Waals surface area contributed by atoms with Crippen LogP contribution in [0.4, 0.5) is 0 Å². The third kappa shape index (κ3) is 5.83. The van der Waals surface area contributed by atoms with Crippen LogP contribution in [0.2, 0.25) is 0 Å². The number of amides is 1. The van der Waals surface area contributed by atoms with Crippen LogP contribution in [-0.4, -0.2) is 83.5 Å². The molecule has 0 atom stereocenters. The Morgan fingerprint density at radius 3 is 2.68 bits per heavy atom. The number of aliphatic hydroxyl groups excluding tert-OH is 2. The monoisotopic (exact) mass is 405 g/mol. The number of hydrogen-bond acceptors (Lipinski definition) is 7. The number of morpholine rings is 1. The molecule has 3 rings (SSSR count). The van der Waals surface area contributed by atoms with Crippen LogP contribution in [0.25, 0.3) is 10.6 Å². The van der Waals surface area contributed by atoms with Gasteiger partial charge in [0.15, 0.2) is 0 Å². The van der Waals surface area contributed by atoms with E-state index in [1.165, 1.54) is 21.8 Å². The number of thiazole rings is 1. The fourth-order valence-corrected chi connectivity index (χ4v) is 4.03. The van der Waals surface area contributed by atoms with Crippen molar-refractivity contribution in [2.24, 2.45) is 0 Å². The van der Waals surface area contributed by atoms with Crippen molar-refractivity contribution in [2.45, 2.75) is 13.0 Å². The van der Waals surface area contributed by atoms with Crippen LogP contribution in [0.5, 0.6) is 0 Å². The van der Waals surface area contributed by atoms with Crippen molar-refractivity contribution in [3.8, 4) is 10.6 Å². The van der Waals surface area contributed by atoms with Gasteiger partial charge < -0.3 is 19.8 Å². The van der Waals surface area contributed by atoms with E-state index in [0.717, 1.165) is 43.4 Å². The van der Waals surface area contributed by atoms with Gasteiger partial charge >= 0.3 is 0 Å². The summed E-state index contributed by atoms with van der Waals surface area (Å²) in [4.78, 5) is 20.8. The lowest BCUT2D eigenvalue weighted by Crippen LogP contribution is -2.36. The Bertz CT molecular complexity index is 755. The number of carbonyl (C=O) groups is 1. The molecule has 0 aliphatic carbocycles. The Morgan fingerprint density at radius 1 is 1.21 bits per heavy atom. The summed E-state index contributed by atoms with van der Waals surface area (Å²) in [7, 11) is 0. The van der Waals surface area contributed by atoms with Crippen LogP contribution < -0.4 is 0 Å². The summed E-state index contributed by atoms with van der Waals surface area (Å²) < 4.78 is 5.40. The smallest absolute Gasteiger partial charge is 0.228 e. The van der Waals surface area contributed by atoms with Gasteiger partial charge in [-0.1, -0.05) is 18.2 Å². The molecular weight excluding hydrogens is 378 g/mol. The number of carbonyl (C=O) groups excluding carboxylic acids is 1. The average Bonchev–Trinajstić information content (AvgIpc) is 3.17. The first-order valence-electron chi connectivity index (χ1n) is 9.53. The number of ether oxygens (including phenoxy) is 1. The molecule has 2 aromatic rings. The number of hydrogen-bond donors (Lipinski definition) is 2. The van der Waals surface area contributed by atoms with E-state index in [1.54, 1.807) is 0 Å². The molecule has 0 bridgehead atoms. The highest BCUT2D eigenvalue weighted by Crippen LogP contribution is 2.25. The lowest BCUT2D eigenvalue weighted by molar-refractivity contribution is -0.131. The molecule has 152 valence electrons. The van der Waals surface area contributed by atoms with Crippen LogP contribution in [0, 0.1) is 0 Å². The Kier molecular flexibility index (Phi) is 7.93. The van der Waals surface area contributed by atoms with Crippen LogP contribution >= 0.6 is 11.3 Å². The SMILES string of the molecule is O=C(Cc1csc(-c2cccc(CN3CCOCC3)c2)n1)N(CCO)CCO. The molecule has 0 spiro atoms. The number of aromatic nitrogens is 1. The molecule has 1 saturated heterocycles. The van der Waals surface area contributed by atoms with Gasteiger partial charge in [0, 0.05) is 43.7 Å². The molecule has 1 amide bonds. The number of benzene rings is 1. The van der Waals surface area contributed by atoms with E-state index in [9.17, 15) is 4.79 Å². The van der Waals surface area contributed by atoms with Crippen molar-refractivity contribution in [3.05, 3.63) is 40.9 Å². The van der Waals surface area contributed by atoms with E-state index in [2.05, 4.69) is 22.0 Å². The largest absolute Gasteiger partial charge is 0.395 e. The molecule has 2 N–H and O–H groups in total.